The molecule has 5 aliphatic rings. The molecule has 0 spiro atoms. The Morgan fingerprint density at radius 2 is 1.47 bits per heavy atom. The maximum absolute atomic E-state index is 13.6. The highest BCUT2D eigenvalue weighted by Gasteiger charge is 2.51. The second kappa shape index (κ2) is 11.2. The van der Waals surface area contributed by atoms with Gasteiger partial charge in [-0.1, -0.05) is 35.9 Å². The van der Waals surface area contributed by atoms with E-state index in [9.17, 15) is 14.4 Å². The number of amides is 4. The minimum absolute atomic E-state index is 0.126. The van der Waals surface area contributed by atoms with Crippen molar-refractivity contribution in [2.75, 3.05) is 4.90 Å². The van der Waals surface area contributed by atoms with Crippen molar-refractivity contribution in [2.24, 2.45) is 17.8 Å². The van der Waals surface area contributed by atoms with Gasteiger partial charge in [0.1, 0.15) is 17.9 Å². The number of carbonyl (C=O) groups is 3. The smallest absolute Gasteiger partial charge is 0.335 e. The van der Waals surface area contributed by atoms with Crippen LogP contribution in [0.2, 0.25) is 5.02 Å². The number of barbiturate groups is 1. The standard InChI is InChI=1S/C34H29Br2ClN2O4/c35-28-13-20(14-29(36)30(28)43-18-19-1-5-25(37)6-2-19)12-27-31(40)38-33(42)39(32(27)41)26-7-3-24(4-8-26)34-15-21-9-22(16-34)11-23(10-21)17-34/h1-8,12-14,21-23H,9-11,15-18H2,(H,38,40,42)/b27-12+. The Morgan fingerprint density at radius 3 is 2.05 bits per heavy atom. The number of nitrogens with zero attached hydrogens (tertiary/aromatic N) is 1. The van der Waals surface area contributed by atoms with Gasteiger partial charge >= 0.3 is 6.03 Å². The van der Waals surface area contributed by atoms with Crippen LogP contribution in [0.3, 0.4) is 0 Å². The molecule has 5 fully saturated rings. The van der Waals surface area contributed by atoms with Crippen molar-refractivity contribution in [3.05, 3.63) is 96.9 Å². The van der Waals surface area contributed by atoms with E-state index in [0.29, 0.717) is 37.6 Å². The van der Waals surface area contributed by atoms with E-state index in [-0.39, 0.29) is 11.0 Å². The number of carbonyl (C=O) groups excluding carboxylic acids is 3. The average molecular weight is 725 g/mol. The Bertz CT molecular complexity index is 1610. The van der Waals surface area contributed by atoms with Crippen molar-refractivity contribution in [1.29, 1.82) is 0 Å². The Hall–Kier alpha value is -2.94. The van der Waals surface area contributed by atoms with Gasteiger partial charge in [-0.05, 0) is 153 Å². The lowest BCUT2D eigenvalue weighted by Gasteiger charge is -2.57. The topological polar surface area (TPSA) is 75.7 Å². The number of anilines is 1. The third-order valence-corrected chi connectivity index (χ3v) is 10.9. The van der Waals surface area contributed by atoms with Crippen molar-refractivity contribution >= 4 is 73.1 Å². The highest BCUT2D eigenvalue weighted by molar-refractivity contribution is 9.11. The number of ether oxygens (including phenoxy) is 1. The van der Waals surface area contributed by atoms with Crippen LogP contribution in [0.5, 0.6) is 5.75 Å². The number of rotatable bonds is 6. The number of imide groups is 2. The molecule has 0 aromatic heterocycles. The molecule has 3 aromatic rings. The molecular weight excluding hydrogens is 696 g/mol. The molecule has 9 heteroatoms. The van der Waals surface area contributed by atoms with Crippen LogP contribution < -0.4 is 15.0 Å². The van der Waals surface area contributed by atoms with Gasteiger partial charge in [-0.25, -0.2) is 9.69 Å². The van der Waals surface area contributed by atoms with Gasteiger partial charge in [-0.2, -0.15) is 0 Å². The van der Waals surface area contributed by atoms with Crippen LogP contribution in [0.15, 0.2) is 75.2 Å². The fourth-order valence-corrected chi connectivity index (χ4v) is 9.60. The first-order valence-corrected chi connectivity index (χ1v) is 16.5. The van der Waals surface area contributed by atoms with Crippen LogP contribution in [-0.2, 0) is 21.6 Å². The van der Waals surface area contributed by atoms with Crippen molar-refractivity contribution in [2.45, 2.75) is 50.5 Å². The van der Waals surface area contributed by atoms with E-state index in [1.807, 2.05) is 24.3 Å². The molecule has 3 aromatic carbocycles. The molecule has 1 heterocycles. The van der Waals surface area contributed by atoms with Gasteiger partial charge in [-0.3, -0.25) is 14.9 Å². The Morgan fingerprint density at radius 1 is 0.884 bits per heavy atom. The first-order chi connectivity index (χ1) is 20.7. The Labute approximate surface area is 272 Å². The third-order valence-electron chi connectivity index (χ3n) is 9.51. The van der Waals surface area contributed by atoms with E-state index in [1.165, 1.54) is 50.2 Å². The lowest BCUT2D eigenvalue weighted by molar-refractivity contribution is -0.122. The third kappa shape index (κ3) is 5.47. The molecule has 0 atom stereocenters. The lowest BCUT2D eigenvalue weighted by Crippen LogP contribution is -2.54. The molecule has 43 heavy (non-hydrogen) atoms. The summed E-state index contributed by atoms with van der Waals surface area (Å²) in [6.45, 7) is 0.328. The number of benzene rings is 3. The van der Waals surface area contributed by atoms with Gasteiger partial charge in [0.05, 0.1) is 14.6 Å². The highest BCUT2D eigenvalue weighted by atomic mass is 79.9. The van der Waals surface area contributed by atoms with Gasteiger partial charge in [0.25, 0.3) is 11.8 Å². The number of halogens is 3. The number of hydrogen-bond donors (Lipinski definition) is 1. The minimum atomic E-state index is -0.747. The molecule has 4 amide bonds. The molecule has 0 unspecified atom stereocenters. The summed E-state index contributed by atoms with van der Waals surface area (Å²) in [7, 11) is 0. The molecule has 1 saturated heterocycles. The summed E-state index contributed by atoms with van der Waals surface area (Å²) in [6, 6.07) is 18.0. The number of hydrogen-bond acceptors (Lipinski definition) is 4. The van der Waals surface area contributed by atoms with Gasteiger partial charge in [0.15, 0.2) is 0 Å². The molecule has 1 aliphatic heterocycles. The quantitative estimate of drug-likeness (QED) is 0.204. The van der Waals surface area contributed by atoms with Gasteiger partial charge in [0, 0.05) is 5.02 Å². The van der Waals surface area contributed by atoms with Crippen LogP contribution in [0.4, 0.5) is 10.5 Å². The van der Waals surface area contributed by atoms with E-state index in [4.69, 9.17) is 16.3 Å². The molecule has 4 aliphatic carbocycles. The number of nitrogens with one attached hydrogen (secondary N) is 1. The Balaban J connectivity index is 1.11. The zero-order valence-electron chi connectivity index (χ0n) is 23.2. The number of urea groups is 1. The van der Waals surface area contributed by atoms with Crippen LogP contribution in [0.25, 0.3) is 6.08 Å². The fourth-order valence-electron chi connectivity index (χ4n) is 8.02. The van der Waals surface area contributed by atoms with Crippen LogP contribution in [-0.4, -0.2) is 17.8 Å². The largest absolute Gasteiger partial charge is 0.487 e. The summed E-state index contributed by atoms with van der Waals surface area (Å²) in [5.74, 6) is 1.65. The van der Waals surface area contributed by atoms with E-state index in [0.717, 1.165) is 28.2 Å². The molecule has 1 N–H and O–H groups in total. The molecule has 0 radical (unpaired) electrons. The summed E-state index contributed by atoms with van der Waals surface area (Å²) in [5.41, 5.74) is 3.38. The van der Waals surface area contributed by atoms with Gasteiger partial charge < -0.3 is 4.74 Å². The molecule has 6 nitrogen and oxygen atoms in total. The molecule has 220 valence electrons. The zero-order valence-corrected chi connectivity index (χ0v) is 27.2. The van der Waals surface area contributed by atoms with Crippen molar-refractivity contribution in [1.82, 2.24) is 5.32 Å². The molecular formula is C34H29Br2ClN2O4. The van der Waals surface area contributed by atoms with E-state index < -0.39 is 17.8 Å². The predicted molar refractivity (Wildman–Crippen MR) is 173 cm³/mol. The maximum atomic E-state index is 13.6. The summed E-state index contributed by atoms with van der Waals surface area (Å²) < 4.78 is 7.28. The summed E-state index contributed by atoms with van der Waals surface area (Å²) >= 11 is 13.1. The van der Waals surface area contributed by atoms with E-state index >= 15 is 0 Å². The zero-order chi connectivity index (χ0) is 29.9. The molecule has 8 rings (SSSR count). The minimum Gasteiger partial charge on any atom is -0.487 e. The maximum Gasteiger partial charge on any atom is 0.335 e. The summed E-state index contributed by atoms with van der Waals surface area (Å²) in [6.07, 6.45) is 9.30. The normalized spacial score (nSPS) is 27.1. The predicted octanol–water partition coefficient (Wildman–Crippen LogP) is 8.58. The van der Waals surface area contributed by atoms with Crippen molar-refractivity contribution in [3.63, 3.8) is 0 Å². The van der Waals surface area contributed by atoms with E-state index in [2.05, 4.69) is 49.3 Å². The second-order valence-electron chi connectivity index (χ2n) is 12.4. The monoisotopic (exact) mass is 722 g/mol. The highest BCUT2D eigenvalue weighted by Crippen LogP contribution is 2.60. The van der Waals surface area contributed by atoms with E-state index in [1.54, 1.807) is 24.3 Å². The first kappa shape index (κ1) is 28.8. The first-order valence-electron chi connectivity index (χ1n) is 14.6. The van der Waals surface area contributed by atoms with Gasteiger partial charge in [0.2, 0.25) is 0 Å². The molecule has 4 bridgehead atoms. The second-order valence-corrected chi connectivity index (χ2v) is 14.6. The van der Waals surface area contributed by atoms with Crippen molar-refractivity contribution < 1.29 is 19.1 Å². The SMILES string of the molecule is O=C1NC(=O)N(c2ccc(C34CC5CC(CC(C5)C3)C4)cc2)C(=O)/C1=C/c1cc(Br)c(OCc2ccc(Cl)cc2)c(Br)c1. The molecule has 4 saturated carbocycles. The Kier molecular flexibility index (Phi) is 7.51. The lowest BCUT2D eigenvalue weighted by atomic mass is 9.48. The average Bonchev–Trinajstić information content (AvgIpc) is 2.95. The summed E-state index contributed by atoms with van der Waals surface area (Å²) in [4.78, 5) is 40.4. The van der Waals surface area contributed by atoms with Gasteiger partial charge in [-0.15, -0.1) is 0 Å². The fraction of sp³-hybridized carbons (Fsp3) is 0.324. The summed E-state index contributed by atoms with van der Waals surface area (Å²) in [5, 5.41) is 2.99. The van der Waals surface area contributed by atoms with Crippen LogP contribution in [0, 0.1) is 17.8 Å². The van der Waals surface area contributed by atoms with Crippen molar-refractivity contribution in [3.8, 4) is 5.75 Å². The van der Waals surface area contributed by atoms with Crippen LogP contribution in [0.1, 0.15) is 55.2 Å². The van der Waals surface area contributed by atoms with Crippen LogP contribution >= 0.6 is 43.5 Å².